The highest BCUT2D eigenvalue weighted by atomic mass is 16.6. The van der Waals surface area contributed by atoms with Crippen LogP contribution in [0.5, 0.6) is 0 Å². The predicted octanol–water partition coefficient (Wildman–Crippen LogP) is 2.26. The molecule has 19 heavy (non-hydrogen) atoms. The van der Waals surface area contributed by atoms with Gasteiger partial charge in [0.05, 0.1) is 4.92 Å². The van der Waals surface area contributed by atoms with E-state index in [4.69, 9.17) is 0 Å². The summed E-state index contributed by atoms with van der Waals surface area (Å²) in [6, 6.07) is 4.80. The molecule has 1 aromatic rings. The average molecular weight is 263 g/mol. The van der Waals surface area contributed by atoms with Gasteiger partial charge in [-0.15, -0.1) is 0 Å². The number of hydrogen-bond donors (Lipinski definition) is 1. The van der Waals surface area contributed by atoms with Gasteiger partial charge in [0.15, 0.2) is 0 Å². The topological polar surface area (TPSA) is 75.5 Å². The zero-order valence-corrected chi connectivity index (χ0v) is 11.0. The van der Waals surface area contributed by atoms with Crippen LogP contribution in [0.1, 0.15) is 29.6 Å². The molecular weight excluding hydrogens is 246 g/mol. The lowest BCUT2D eigenvalue weighted by atomic mass is 9.91. The molecule has 1 aromatic carbocycles. The van der Waals surface area contributed by atoms with Crippen molar-refractivity contribution >= 4 is 17.3 Å². The highest BCUT2D eigenvalue weighted by Gasteiger charge is 2.27. The summed E-state index contributed by atoms with van der Waals surface area (Å²) < 4.78 is 0. The van der Waals surface area contributed by atoms with Crippen molar-refractivity contribution in [1.29, 1.82) is 0 Å². The van der Waals surface area contributed by atoms with Crippen LogP contribution in [-0.4, -0.2) is 35.9 Å². The molecule has 1 saturated carbocycles. The van der Waals surface area contributed by atoms with E-state index in [0.29, 0.717) is 11.3 Å². The van der Waals surface area contributed by atoms with E-state index in [1.807, 2.05) is 0 Å². The highest BCUT2D eigenvalue weighted by molar-refractivity contribution is 5.95. The number of carbonyl (C=O) groups is 1. The van der Waals surface area contributed by atoms with Gasteiger partial charge >= 0.3 is 0 Å². The largest absolute Gasteiger partial charge is 0.383 e. The van der Waals surface area contributed by atoms with Gasteiger partial charge in [-0.25, -0.2) is 0 Å². The number of carbonyl (C=O) groups excluding carboxylic acids is 1. The fraction of sp³-hybridized carbons (Fsp3) is 0.462. The third-order valence-electron chi connectivity index (χ3n) is 3.65. The first-order valence-corrected chi connectivity index (χ1v) is 6.28. The van der Waals surface area contributed by atoms with Crippen molar-refractivity contribution in [3.05, 3.63) is 33.9 Å². The van der Waals surface area contributed by atoms with E-state index in [2.05, 4.69) is 5.32 Å². The number of rotatable bonds is 4. The Morgan fingerprint density at radius 3 is 2.63 bits per heavy atom. The molecule has 0 spiro atoms. The van der Waals surface area contributed by atoms with Crippen LogP contribution in [0, 0.1) is 10.1 Å². The fourth-order valence-corrected chi connectivity index (χ4v) is 2.17. The SMILES string of the molecule is CNc1ccc(C(=O)N(C)C2CCC2)cc1[N+](=O)[O-]. The van der Waals surface area contributed by atoms with Crippen molar-refractivity contribution in [3.8, 4) is 0 Å². The maximum Gasteiger partial charge on any atom is 0.293 e. The van der Waals surface area contributed by atoms with Crippen LogP contribution in [0.4, 0.5) is 11.4 Å². The number of amides is 1. The molecule has 0 bridgehead atoms. The van der Waals surface area contributed by atoms with Gasteiger partial charge in [0.25, 0.3) is 11.6 Å². The summed E-state index contributed by atoms with van der Waals surface area (Å²) in [6.45, 7) is 0. The molecule has 0 aliphatic heterocycles. The smallest absolute Gasteiger partial charge is 0.293 e. The minimum absolute atomic E-state index is 0.0737. The molecule has 6 heteroatoms. The lowest BCUT2D eigenvalue weighted by Gasteiger charge is -2.34. The van der Waals surface area contributed by atoms with E-state index in [1.54, 1.807) is 31.1 Å². The molecule has 0 radical (unpaired) electrons. The van der Waals surface area contributed by atoms with Crippen molar-refractivity contribution in [2.24, 2.45) is 0 Å². The maximum atomic E-state index is 12.2. The van der Waals surface area contributed by atoms with E-state index >= 15 is 0 Å². The quantitative estimate of drug-likeness (QED) is 0.667. The third kappa shape index (κ3) is 2.52. The number of benzene rings is 1. The van der Waals surface area contributed by atoms with E-state index < -0.39 is 4.92 Å². The van der Waals surface area contributed by atoms with E-state index in [-0.39, 0.29) is 17.6 Å². The Hall–Kier alpha value is -2.11. The van der Waals surface area contributed by atoms with Gasteiger partial charge in [-0.3, -0.25) is 14.9 Å². The normalized spacial score (nSPS) is 14.6. The number of nitrogens with zero attached hydrogens (tertiary/aromatic N) is 2. The molecule has 102 valence electrons. The van der Waals surface area contributed by atoms with Gasteiger partial charge in [0, 0.05) is 31.8 Å². The minimum atomic E-state index is -0.480. The molecule has 1 fully saturated rings. The van der Waals surface area contributed by atoms with Crippen molar-refractivity contribution in [1.82, 2.24) is 4.90 Å². The summed E-state index contributed by atoms with van der Waals surface area (Å²) in [5, 5.41) is 13.7. The average Bonchev–Trinajstić information content (AvgIpc) is 2.34. The number of anilines is 1. The minimum Gasteiger partial charge on any atom is -0.383 e. The number of nitro groups is 1. The summed E-state index contributed by atoms with van der Waals surface area (Å²) in [4.78, 5) is 24.4. The first-order valence-electron chi connectivity index (χ1n) is 6.28. The summed E-state index contributed by atoms with van der Waals surface area (Å²) in [7, 11) is 3.37. The third-order valence-corrected chi connectivity index (χ3v) is 3.65. The Bertz CT molecular complexity index is 512. The summed E-state index contributed by atoms with van der Waals surface area (Å²) in [5.41, 5.74) is 0.698. The maximum absolute atomic E-state index is 12.2. The molecule has 0 atom stereocenters. The van der Waals surface area contributed by atoms with E-state index in [1.165, 1.54) is 6.07 Å². The van der Waals surface area contributed by atoms with Crippen molar-refractivity contribution in [2.45, 2.75) is 25.3 Å². The van der Waals surface area contributed by atoms with Crippen molar-refractivity contribution in [2.75, 3.05) is 19.4 Å². The van der Waals surface area contributed by atoms with Crippen LogP contribution in [0.3, 0.4) is 0 Å². The number of hydrogen-bond acceptors (Lipinski definition) is 4. The zero-order chi connectivity index (χ0) is 14.0. The van der Waals surface area contributed by atoms with Gasteiger partial charge in [0.1, 0.15) is 5.69 Å². The first kappa shape index (κ1) is 13.3. The molecule has 0 aromatic heterocycles. The second kappa shape index (κ2) is 5.26. The molecule has 1 amide bonds. The number of nitro benzene ring substituents is 1. The summed E-state index contributed by atoms with van der Waals surface area (Å²) in [5.74, 6) is -0.157. The lowest BCUT2D eigenvalue weighted by molar-refractivity contribution is -0.384. The number of nitrogens with one attached hydrogen (secondary N) is 1. The molecule has 1 aliphatic carbocycles. The van der Waals surface area contributed by atoms with Crippen LogP contribution in [0.25, 0.3) is 0 Å². The molecule has 6 nitrogen and oxygen atoms in total. The Balaban J connectivity index is 2.26. The van der Waals surface area contributed by atoms with Gasteiger partial charge in [0.2, 0.25) is 0 Å². The van der Waals surface area contributed by atoms with Gasteiger partial charge < -0.3 is 10.2 Å². The summed E-state index contributed by atoms with van der Waals surface area (Å²) in [6.07, 6.45) is 3.17. The Morgan fingerprint density at radius 1 is 1.47 bits per heavy atom. The highest BCUT2D eigenvalue weighted by Crippen LogP contribution is 2.28. The molecular formula is C13H17N3O3. The fourth-order valence-electron chi connectivity index (χ4n) is 2.17. The Kier molecular flexibility index (Phi) is 3.69. The molecule has 1 N–H and O–H groups in total. The van der Waals surface area contributed by atoms with Crippen molar-refractivity contribution < 1.29 is 9.72 Å². The lowest BCUT2D eigenvalue weighted by Crippen LogP contribution is -2.41. The molecule has 0 heterocycles. The predicted molar refractivity (Wildman–Crippen MR) is 72.4 cm³/mol. The van der Waals surface area contributed by atoms with Gasteiger partial charge in [-0.1, -0.05) is 0 Å². The Morgan fingerprint density at radius 2 is 2.16 bits per heavy atom. The van der Waals surface area contributed by atoms with Crippen LogP contribution in [-0.2, 0) is 0 Å². The van der Waals surface area contributed by atoms with Gasteiger partial charge in [-0.05, 0) is 31.4 Å². The molecule has 0 unspecified atom stereocenters. The van der Waals surface area contributed by atoms with Crippen LogP contribution >= 0.6 is 0 Å². The van der Waals surface area contributed by atoms with Gasteiger partial charge in [-0.2, -0.15) is 0 Å². The standard InChI is InChI=1S/C13H17N3O3/c1-14-11-7-6-9(8-12(11)16(18)19)13(17)15(2)10-4-3-5-10/h6-8,10,14H,3-5H2,1-2H3. The molecule has 1 aliphatic rings. The second-order valence-electron chi connectivity index (χ2n) is 4.74. The second-order valence-corrected chi connectivity index (χ2v) is 4.74. The monoisotopic (exact) mass is 263 g/mol. The van der Waals surface area contributed by atoms with E-state index in [9.17, 15) is 14.9 Å². The Labute approximate surface area is 111 Å². The van der Waals surface area contributed by atoms with Crippen molar-refractivity contribution in [3.63, 3.8) is 0 Å². The molecule has 2 rings (SSSR count). The summed E-state index contributed by atoms with van der Waals surface area (Å²) >= 11 is 0. The zero-order valence-electron chi connectivity index (χ0n) is 11.0. The van der Waals surface area contributed by atoms with Crippen LogP contribution in [0.15, 0.2) is 18.2 Å². The first-order chi connectivity index (χ1) is 9.04. The van der Waals surface area contributed by atoms with E-state index in [0.717, 1.165) is 19.3 Å². The van der Waals surface area contributed by atoms with Crippen LogP contribution < -0.4 is 5.32 Å². The molecule has 0 saturated heterocycles. The van der Waals surface area contributed by atoms with Crippen LogP contribution in [0.2, 0.25) is 0 Å².